The van der Waals surface area contributed by atoms with E-state index in [-0.39, 0.29) is 18.4 Å². The van der Waals surface area contributed by atoms with Crippen molar-refractivity contribution in [3.63, 3.8) is 0 Å². The van der Waals surface area contributed by atoms with E-state index in [2.05, 4.69) is 5.32 Å². The van der Waals surface area contributed by atoms with E-state index in [0.717, 1.165) is 18.4 Å². The van der Waals surface area contributed by atoms with E-state index in [1.54, 1.807) is 20.8 Å². The second kappa shape index (κ2) is 12.0. The number of carbonyl (C=O) groups excluding carboxylic acids is 3. The van der Waals surface area contributed by atoms with Gasteiger partial charge in [-0.1, -0.05) is 49.6 Å². The van der Waals surface area contributed by atoms with Crippen LogP contribution in [-0.2, 0) is 25.7 Å². The van der Waals surface area contributed by atoms with Crippen LogP contribution in [0.25, 0.3) is 0 Å². The molecule has 1 aliphatic rings. The van der Waals surface area contributed by atoms with Gasteiger partial charge in [-0.05, 0) is 39.2 Å². The molecule has 0 saturated heterocycles. The van der Waals surface area contributed by atoms with E-state index in [1.807, 2.05) is 30.3 Å². The third-order valence-corrected chi connectivity index (χ3v) is 3.97. The lowest BCUT2D eigenvalue weighted by atomic mass is 9.89. The predicted molar refractivity (Wildman–Crippen MR) is 106 cm³/mol. The summed E-state index contributed by atoms with van der Waals surface area (Å²) < 4.78 is 10.2. The normalized spacial score (nSPS) is 14.2. The van der Waals surface area contributed by atoms with Gasteiger partial charge >= 0.3 is 12.1 Å². The molecule has 1 aromatic carbocycles. The van der Waals surface area contributed by atoms with Crippen molar-refractivity contribution in [2.75, 3.05) is 6.54 Å². The van der Waals surface area contributed by atoms with Crippen LogP contribution in [0.4, 0.5) is 4.79 Å². The van der Waals surface area contributed by atoms with Gasteiger partial charge in [0.05, 0.1) is 12.5 Å². The molecule has 7 nitrogen and oxygen atoms in total. The Labute approximate surface area is 167 Å². The van der Waals surface area contributed by atoms with Gasteiger partial charge in [0.25, 0.3) is 0 Å². The molecule has 0 atom stereocenters. The molecule has 3 N–H and O–H groups in total. The molecule has 1 aromatic rings. The van der Waals surface area contributed by atoms with E-state index >= 15 is 0 Å². The van der Waals surface area contributed by atoms with Crippen molar-refractivity contribution in [1.29, 1.82) is 0 Å². The Morgan fingerprint density at radius 2 is 1.68 bits per heavy atom. The van der Waals surface area contributed by atoms with Crippen LogP contribution in [0, 0.1) is 5.92 Å². The number of rotatable bonds is 5. The molecule has 0 radical (unpaired) electrons. The number of primary amides is 1. The summed E-state index contributed by atoms with van der Waals surface area (Å²) in [4.78, 5) is 32.8. The summed E-state index contributed by atoms with van der Waals surface area (Å²) in [6.07, 6.45) is 4.99. The first-order valence-electron chi connectivity index (χ1n) is 9.63. The largest absolute Gasteiger partial charge is 0.461 e. The number of esters is 1. The van der Waals surface area contributed by atoms with E-state index in [4.69, 9.17) is 15.2 Å². The fraction of sp³-hybridized carbons (Fsp3) is 0.571. The number of amides is 2. The molecule has 0 spiro atoms. The highest BCUT2D eigenvalue weighted by molar-refractivity contribution is 5.80. The van der Waals surface area contributed by atoms with Crippen LogP contribution >= 0.6 is 0 Å². The zero-order valence-corrected chi connectivity index (χ0v) is 17.0. The van der Waals surface area contributed by atoms with Crippen LogP contribution in [0.3, 0.4) is 0 Å². The van der Waals surface area contributed by atoms with Gasteiger partial charge in [-0.3, -0.25) is 9.59 Å². The minimum Gasteiger partial charge on any atom is -0.461 e. The van der Waals surface area contributed by atoms with Crippen molar-refractivity contribution in [1.82, 2.24) is 5.32 Å². The Morgan fingerprint density at radius 3 is 2.21 bits per heavy atom. The smallest absolute Gasteiger partial charge is 0.408 e. The third kappa shape index (κ3) is 11.2. The molecule has 0 heterocycles. The molecule has 0 bridgehead atoms. The number of nitrogens with one attached hydrogen (secondary N) is 1. The topological polar surface area (TPSA) is 108 Å². The molecule has 0 aromatic heterocycles. The lowest BCUT2D eigenvalue weighted by Gasteiger charge is -2.19. The van der Waals surface area contributed by atoms with Gasteiger partial charge in [0.15, 0.2) is 0 Å². The van der Waals surface area contributed by atoms with Gasteiger partial charge in [-0.25, -0.2) is 4.79 Å². The lowest BCUT2D eigenvalue weighted by molar-refractivity contribution is -0.151. The van der Waals surface area contributed by atoms with Crippen molar-refractivity contribution in [2.45, 2.75) is 65.1 Å². The van der Waals surface area contributed by atoms with Crippen LogP contribution < -0.4 is 11.1 Å². The number of ether oxygens (including phenoxy) is 2. The summed E-state index contributed by atoms with van der Waals surface area (Å²) in [5, 5.41) is 2.20. The van der Waals surface area contributed by atoms with Crippen molar-refractivity contribution in [2.24, 2.45) is 11.7 Å². The maximum atomic E-state index is 11.7. The van der Waals surface area contributed by atoms with E-state index in [0.29, 0.717) is 6.61 Å². The molecule has 2 amide bonds. The standard InChI is InChI=1S/C14H18O2.C7H14N2O3/c15-14(13-9-5-2-6-10-13)16-11-12-7-3-1-4-8-12;1-7(2,3)12-6(11)9-4-5(8)10/h1,3-4,7-8,13H,2,5-6,9-11H2;4H2,1-3H3,(H2,8,10)(H,9,11). The van der Waals surface area contributed by atoms with Crippen LogP contribution in [-0.4, -0.2) is 30.1 Å². The van der Waals surface area contributed by atoms with E-state index < -0.39 is 17.6 Å². The quantitative estimate of drug-likeness (QED) is 0.748. The molecule has 28 heavy (non-hydrogen) atoms. The Bertz CT molecular complexity index is 619. The van der Waals surface area contributed by atoms with Crippen molar-refractivity contribution >= 4 is 18.0 Å². The minimum absolute atomic E-state index is 0.0106. The average Bonchev–Trinajstić information content (AvgIpc) is 2.65. The van der Waals surface area contributed by atoms with Crippen molar-refractivity contribution < 1.29 is 23.9 Å². The second-order valence-electron chi connectivity index (χ2n) is 7.75. The maximum absolute atomic E-state index is 11.7. The molecule has 0 unspecified atom stereocenters. The number of carbonyl (C=O) groups is 3. The molecule has 156 valence electrons. The fourth-order valence-corrected chi connectivity index (χ4v) is 2.66. The van der Waals surface area contributed by atoms with Crippen LogP contribution in [0.1, 0.15) is 58.4 Å². The Hall–Kier alpha value is -2.57. The number of benzene rings is 1. The van der Waals surface area contributed by atoms with Crippen LogP contribution in [0.15, 0.2) is 30.3 Å². The van der Waals surface area contributed by atoms with Crippen LogP contribution in [0.2, 0.25) is 0 Å². The van der Waals surface area contributed by atoms with Gasteiger partial charge < -0.3 is 20.5 Å². The number of nitrogens with two attached hydrogens (primary N) is 1. The number of hydrogen-bond acceptors (Lipinski definition) is 5. The highest BCUT2D eigenvalue weighted by Crippen LogP contribution is 2.24. The first-order valence-corrected chi connectivity index (χ1v) is 9.63. The molecule has 0 aliphatic heterocycles. The van der Waals surface area contributed by atoms with Gasteiger partial charge in [0.2, 0.25) is 5.91 Å². The van der Waals surface area contributed by atoms with E-state index in [9.17, 15) is 14.4 Å². The summed E-state index contributed by atoms with van der Waals surface area (Å²) in [5.74, 6) is -0.457. The van der Waals surface area contributed by atoms with Gasteiger partial charge in [-0.2, -0.15) is 0 Å². The zero-order chi connectivity index (χ0) is 21.0. The van der Waals surface area contributed by atoms with Crippen LogP contribution in [0.5, 0.6) is 0 Å². The first kappa shape index (κ1) is 23.5. The summed E-state index contributed by atoms with van der Waals surface area (Å²) in [6.45, 7) is 5.41. The highest BCUT2D eigenvalue weighted by atomic mass is 16.6. The molecular weight excluding hydrogens is 360 g/mol. The monoisotopic (exact) mass is 392 g/mol. The second-order valence-corrected chi connectivity index (χ2v) is 7.75. The molecule has 2 rings (SSSR count). The molecule has 1 saturated carbocycles. The van der Waals surface area contributed by atoms with Gasteiger partial charge in [0.1, 0.15) is 12.2 Å². The minimum atomic E-state index is -0.638. The summed E-state index contributed by atoms with van der Waals surface area (Å²) >= 11 is 0. The summed E-state index contributed by atoms with van der Waals surface area (Å²) in [6, 6.07) is 9.85. The SMILES string of the molecule is CC(C)(C)OC(=O)NCC(N)=O.O=C(OCc1ccccc1)C1CCCCC1. The number of hydrogen-bond donors (Lipinski definition) is 2. The fourth-order valence-electron chi connectivity index (χ4n) is 2.66. The van der Waals surface area contributed by atoms with E-state index in [1.165, 1.54) is 19.3 Å². The average molecular weight is 392 g/mol. The molecule has 1 aliphatic carbocycles. The predicted octanol–water partition coefficient (Wildman–Crippen LogP) is 3.31. The molecular formula is C21H32N2O5. The maximum Gasteiger partial charge on any atom is 0.408 e. The highest BCUT2D eigenvalue weighted by Gasteiger charge is 2.22. The Kier molecular flexibility index (Phi) is 10.1. The summed E-state index contributed by atoms with van der Waals surface area (Å²) in [7, 11) is 0. The van der Waals surface area contributed by atoms with Gasteiger partial charge in [0, 0.05) is 0 Å². The van der Waals surface area contributed by atoms with Crippen molar-refractivity contribution in [3.05, 3.63) is 35.9 Å². The summed E-state index contributed by atoms with van der Waals surface area (Å²) in [5.41, 5.74) is 5.30. The molecule has 7 heteroatoms. The number of alkyl carbamates (subject to hydrolysis) is 1. The van der Waals surface area contributed by atoms with Gasteiger partial charge in [-0.15, -0.1) is 0 Å². The first-order chi connectivity index (χ1) is 13.2. The lowest BCUT2D eigenvalue weighted by Crippen LogP contribution is -2.37. The Morgan fingerprint density at radius 1 is 1.07 bits per heavy atom. The molecule has 1 fully saturated rings. The zero-order valence-electron chi connectivity index (χ0n) is 17.0. The van der Waals surface area contributed by atoms with Crippen molar-refractivity contribution in [3.8, 4) is 0 Å². The Balaban J connectivity index is 0.000000295. The third-order valence-electron chi connectivity index (χ3n) is 3.97.